The van der Waals surface area contributed by atoms with Crippen molar-refractivity contribution in [3.63, 3.8) is 0 Å². The van der Waals surface area contributed by atoms with E-state index in [2.05, 4.69) is 42.0 Å². The maximum absolute atomic E-state index is 11.7. The lowest BCUT2D eigenvalue weighted by Crippen LogP contribution is -2.18. The van der Waals surface area contributed by atoms with Gasteiger partial charge in [0, 0.05) is 23.2 Å². The van der Waals surface area contributed by atoms with Gasteiger partial charge < -0.3 is 10.6 Å². The van der Waals surface area contributed by atoms with Crippen molar-refractivity contribution in [1.82, 2.24) is 5.32 Å². The van der Waals surface area contributed by atoms with Crippen LogP contribution < -0.4 is 10.6 Å². The lowest BCUT2D eigenvalue weighted by molar-refractivity contribution is 0.0963. The molecule has 0 radical (unpaired) electrons. The van der Waals surface area contributed by atoms with E-state index >= 15 is 0 Å². The van der Waals surface area contributed by atoms with Gasteiger partial charge in [-0.25, -0.2) is 0 Å². The van der Waals surface area contributed by atoms with Crippen molar-refractivity contribution in [3.05, 3.63) is 51.7 Å². The lowest BCUT2D eigenvalue weighted by atomic mass is 10.1. The number of nitrogens with one attached hydrogen (secondary N) is 2. The van der Waals surface area contributed by atoms with Gasteiger partial charge in [-0.05, 0) is 42.5 Å². The average molecular weight is 288 g/mol. The first-order chi connectivity index (χ1) is 9.65. The predicted molar refractivity (Wildman–Crippen MR) is 85.5 cm³/mol. The molecule has 1 heterocycles. The molecule has 0 saturated carbocycles. The molecular weight excluding hydrogens is 268 g/mol. The summed E-state index contributed by atoms with van der Waals surface area (Å²) in [6.07, 6.45) is 1.00. The number of carbonyl (C=O) groups is 1. The summed E-state index contributed by atoms with van der Waals surface area (Å²) >= 11 is 1.75. The first kappa shape index (κ1) is 14.6. The Hall–Kier alpha value is -1.81. The van der Waals surface area contributed by atoms with Crippen LogP contribution in [0.3, 0.4) is 0 Å². The summed E-state index contributed by atoms with van der Waals surface area (Å²) in [5.74, 6) is -0.0581. The van der Waals surface area contributed by atoms with Crippen LogP contribution in [-0.2, 0) is 0 Å². The number of thiophene rings is 1. The molecule has 1 aromatic heterocycles. The van der Waals surface area contributed by atoms with Gasteiger partial charge in [-0.3, -0.25) is 4.79 Å². The van der Waals surface area contributed by atoms with Crippen LogP contribution >= 0.6 is 11.3 Å². The lowest BCUT2D eigenvalue weighted by Gasteiger charge is -2.19. The van der Waals surface area contributed by atoms with E-state index in [9.17, 15) is 4.79 Å². The molecule has 0 aliphatic carbocycles. The molecule has 0 spiro atoms. The van der Waals surface area contributed by atoms with Gasteiger partial charge in [0.2, 0.25) is 0 Å². The van der Waals surface area contributed by atoms with Crippen LogP contribution in [0.15, 0.2) is 35.7 Å². The zero-order valence-electron chi connectivity index (χ0n) is 12.1. The summed E-state index contributed by atoms with van der Waals surface area (Å²) in [6.45, 7) is 4.21. The minimum Gasteiger partial charge on any atom is -0.377 e. The molecular formula is C16H20N2OS. The average Bonchev–Trinajstić information content (AvgIpc) is 2.99. The number of anilines is 1. The van der Waals surface area contributed by atoms with Crippen molar-refractivity contribution < 1.29 is 4.79 Å². The third-order valence-corrected chi connectivity index (χ3v) is 4.34. The topological polar surface area (TPSA) is 41.1 Å². The van der Waals surface area contributed by atoms with E-state index in [0.717, 1.165) is 17.7 Å². The molecule has 1 atom stereocenters. The quantitative estimate of drug-likeness (QED) is 0.873. The van der Waals surface area contributed by atoms with Crippen LogP contribution in [0.2, 0.25) is 0 Å². The molecule has 3 nitrogen and oxygen atoms in total. The molecule has 2 N–H and O–H groups in total. The number of rotatable bonds is 5. The maximum atomic E-state index is 11.7. The standard InChI is InChI=1S/C16H20N2OS/c1-4-13(15-6-5-9-20-15)18-14-10-12(16(19)17-3)8-7-11(14)2/h5-10,13,18H,4H2,1-3H3,(H,17,19). The van der Waals surface area contributed by atoms with E-state index in [1.54, 1.807) is 18.4 Å². The Labute approximate surface area is 124 Å². The summed E-state index contributed by atoms with van der Waals surface area (Å²) in [7, 11) is 1.65. The van der Waals surface area contributed by atoms with Gasteiger partial charge in [0.25, 0.3) is 5.91 Å². The van der Waals surface area contributed by atoms with E-state index < -0.39 is 0 Å². The molecule has 0 aliphatic rings. The highest BCUT2D eigenvalue weighted by molar-refractivity contribution is 7.10. The zero-order chi connectivity index (χ0) is 14.5. The van der Waals surface area contributed by atoms with Crippen molar-refractivity contribution >= 4 is 22.9 Å². The summed E-state index contributed by atoms with van der Waals surface area (Å²) < 4.78 is 0. The second-order valence-electron chi connectivity index (χ2n) is 4.73. The van der Waals surface area contributed by atoms with Crippen LogP contribution in [0.4, 0.5) is 5.69 Å². The smallest absolute Gasteiger partial charge is 0.251 e. The van der Waals surface area contributed by atoms with Crippen molar-refractivity contribution in [2.45, 2.75) is 26.3 Å². The Balaban J connectivity index is 2.25. The van der Waals surface area contributed by atoms with E-state index in [-0.39, 0.29) is 11.9 Å². The summed E-state index contributed by atoms with van der Waals surface area (Å²) in [5, 5.41) is 8.30. The van der Waals surface area contributed by atoms with Gasteiger partial charge in [-0.15, -0.1) is 11.3 Å². The van der Waals surface area contributed by atoms with E-state index in [1.807, 2.05) is 18.2 Å². The van der Waals surface area contributed by atoms with Crippen LogP contribution in [-0.4, -0.2) is 13.0 Å². The SMILES string of the molecule is CCC(Nc1cc(C(=O)NC)ccc1C)c1cccs1. The highest BCUT2D eigenvalue weighted by atomic mass is 32.1. The summed E-state index contributed by atoms with van der Waals surface area (Å²) in [6, 6.07) is 10.2. The molecule has 1 unspecified atom stereocenters. The Morgan fingerprint density at radius 1 is 1.35 bits per heavy atom. The third kappa shape index (κ3) is 3.20. The number of benzene rings is 1. The number of carbonyl (C=O) groups excluding carboxylic acids is 1. The Morgan fingerprint density at radius 2 is 2.15 bits per heavy atom. The first-order valence-electron chi connectivity index (χ1n) is 6.78. The van der Waals surface area contributed by atoms with E-state index in [1.165, 1.54) is 4.88 Å². The Bertz CT molecular complexity index is 578. The van der Waals surface area contributed by atoms with Gasteiger partial charge in [0.1, 0.15) is 0 Å². The largest absolute Gasteiger partial charge is 0.377 e. The number of aryl methyl sites for hydroxylation is 1. The Kier molecular flexibility index (Phi) is 4.79. The van der Waals surface area contributed by atoms with E-state index in [0.29, 0.717) is 5.56 Å². The fourth-order valence-corrected chi connectivity index (χ4v) is 2.98. The van der Waals surface area contributed by atoms with Crippen LogP contribution in [0.25, 0.3) is 0 Å². The van der Waals surface area contributed by atoms with Crippen LogP contribution in [0.5, 0.6) is 0 Å². The third-order valence-electron chi connectivity index (χ3n) is 3.35. The predicted octanol–water partition coefficient (Wildman–Crippen LogP) is 3.98. The molecule has 0 saturated heterocycles. The van der Waals surface area contributed by atoms with E-state index in [4.69, 9.17) is 0 Å². The molecule has 1 amide bonds. The van der Waals surface area contributed by atoms with Gasteiger partial charge in [0.05, 0.1) is 6.04 Å². The van der Waals surface area contributed by atoms with Crippen molar-refractivity contribution in [2.75, 3.05) is 12.4 Å². The number of hydrogen-bond donors (Lipinski definition) is 2. The highest BCUT2D eigenvalue weighted by Gasteiger charge is 2.13. The maximum Gasteiger partial charge on any atom is 0.251 e. The van der Waals surface area contributed by atoms with Gasteiger partial charge in [0.15, 0.2) is 0 Å². The molecule has 0 aliphatic heterocycles. The molecule has 4 heteroatoms. The normalized spacial score (nSPS) is 11.9. The van der Waals surface area contributed by atoms with Gasteiger partial charge >= 0.3 is 0 Å². The first-order valence-corrected chi connectivity index (χ1v) is 7.66. The Morgan fingerprint density at radius 3 is 2.75 bits per heavy atom. The monoisotopic (exact) mass is 288 g/mol. The minimum absolute atomic E-state index is 0.0581. The van der Waals surface area contributed by atoms with Crippen LogP contribution in [0, 0.1) is 6.92 Å². The van der Waals surface area contributed by atoms with Gasteiger partial charge in [-0.1, -0.05) is 19.1 Å². The minimum atomic E-state index is -0.0581. The molecule has 1 aromatic carbocycles. The van der Waals surface area contributed by atoms with Crippen LogP contribution in [0.1, 0.15) is 40.2 Å². The molecule has 106 valence electrons. The second-order valence-corrected chi connectivity index (χ2v) is 5.71. The van der Waals surface area contributed by atoms with Crippen molar-refractivity contribution in [1.29, 1.82) is 0 Å². The molecule has 0 bridgehead atoms. The zero-order valence-corrected chi connectivity index (χ0v) is 12.9. The number of amides is 1. The fraction of sp³-hybridized carbons (Fsp3) is 0.312. The summed E-state index contributed by atoms with van der Waals surface area (Å²) in [5.41, 5.74) is 2.85. The molecule has 2 rings (SSSR count). The molecule has 0 fully saturated rings. The summed E-state index contributed by atoms with van der Waals surface area (Å²) in [4.78, 5) is 13.0. The second kappa shape index (κ2) is 6.57. The van der Waals surface area contributed by atoms with Crippen molar-refractivity contribution in [2.24, 2.45) is 0 Å². The molecule has 20 heavy (non-hydrogen) atoms. The van der Waals surface area contributed by atoms with Crippen molar-refractivity contribution in [3.8, 4) is 0 Å². The number of hydrogen-bond acceptors (Lipinski definition) is 3. The van der Waals surface area contributed by atoms with Gasteiger partial charge in [-0.2, -0.15) is 0 Å². The fourth-order valence-electron chi connectivity index (χ4n) is 2.11. The highest BCUT2D eigenvalue weighted by Crippen LogP contribution is 2.28. The molecule has 2 aromatic rings.